The summed E-state index contributed by atoms with van der Waals surface area (Å²) >= 11 is 0. The lowest BCUT2D eigenvalue weighted by molar-refractivity contribution is -0.200. The molecule has 1 saturated carbocycles. The van der Waals surface area contributed by atoms with Crippen LogP contribution in [-0.4, -0.2) is 49.7 Å². The van der Waals surface area contributed by atoms with Crippen molar-refractivity contribution >= 4 is 0 Å². The van der Waals surface area contributed by atoms with E-state index < -0.39 is 6.11 Å². The summed E-state index contributed by atoms with van der Waals surface area (Å²) in [6.45, 7) is 3.49. The van der Waals surface area contributed by atoms with Gasteiger partial charge in [0.2, 0.25) is 0 Å². The van der Waals surface area contributed by atoms with E-state index in [0.29, 0.717) is 5.75 Å². The summed E-state index contributed by atoms with van der Waals surface area (Å²) in [4.78, 5) is 4.01. The molecule has 1 aromatic heterocycles. The van der Waals surface area contributed by atoms with E-state index in [-0.39, 0.29) is 37.2 Å². The van der Waals surface area contributed by atoms with Crippen LogP contribution in [0.2, 0.25) is 0 Å². The fourth-order valence-electron chi connectivity index (χ4n) is 2.15. The van der Waals surface area contributed by atoms with E-state index in [1.807, 2.05) is 13.8 Å². The van der Waals surface area contributed by atoms with E-state index in [0.717, 1.165) is 12.8 Å². The molecule has 0 amide bonds. The summed E-state index contributed by atoms with van der Waals surface area (Å²) in [7, 11) is 1.67. The Bertz CT molecular complexity index is 589. The molecule has 0 aromatic carbocycles. The molecule has 0 saturated heterocycles. The number of ether oxygens (including phenoxy) is 4. The highest BCUT2D eigenvalue weighted by Crippen LogP contribution is 2.27. The Morgan fingerprint density at radius 2 is 2.00 bits per heavy atom. The Kier molecular flexibility index (Phi) is 7.12. The predicted octanol–water partition coefficient (Wildman–Crippen LogP) is 3.02. The topological polar surface area (TPSA) is 49.8 Å². The van der Waals surface area contributed by atoms with Crippen LogP contribution in [0.25, 0.3) is 0 Å². The van der Waals surface area contributed by atoms with Crippen molar-refractivity contribution in [3.63, 3.8) is 0 Å². The quantitative estimate of drug-likeness (QED) is 0.530. The molecule has 0 N–H and O–H groups in total. The molecule has 5 nitrogen and oxygen atoms in total. The van der Waals surface area contributed by atoms with Gasteiger partial charge in [0.25, 0.3) is 0 Å². The first-order valence-corrected chi connectivity index (χ1v) is 8.20. The van der Waals surface area contributed by atoms with Crippen LogP contribution in [0, 0.1) is 11.8 Å². The van der Waals surface area contributed by atoms with E-state index in [4.69, 9.17) is 14.2 Å². The minimum atomic E-state index is -3.54. The Hall–Kier alpha value is -1.75. The second-order valence-corrected chi connectivity index (χ2v) is 5.98. The van der Waals surface area contributed by atoms with Gasteiger partial charge in [-0.15, -0.1) is 0 Å². The molecular formula is C18H23F2NO4. The average molecular weight is 355 g/mol. The maximum absolute atomic E-state index is 13.5. The fraction of sp³-hybridized carbons (Fsp3) is 0.611. The second kappa shape index (κ2) is 9.09. The highest BCUT2D eigenvalue weighted by molar-refractivity contribution is 5.32. The molecule has 0 spiro atoms. The Labute approximate surface area is 146 Å². The van der Waals surface area contributed by atoms with Gasteiger partial charge < -0.3 is 18.9 Å². The summed E-state index contributed by atoms with van der Waals surface area (Å²) < 4.78 is 47.4. The number of alkyl halides is 2. The molecule has 2 rings (SSSR count). The molecule has 0 unspecified atom stereocenters. The normalized spacial score (nSPS) is 19.9. The maximum Gasteiger partial charge on any atom is 0.423 e. The van der Waals surface area contributed by atoms with Crippen molar-refractivity contribution in [3.8, 4) is 17.6 Å². The van der Waals surface area contributed by atoms with Gasteiger partial charge in [-0.3, -0.25) is 0 Å². The van der Waals surface area contributed by atoms with Crippen molar-refractivity contribution in [2.24, 2.45) is 0 Å². The van der Waals surface area contributed by atoms with Crippen LogP contribution < -0.4 is 4.74 Å². The van der Waals surface area contributed by atoms with Crippen LogP contribution in [-0.2, 0) is 14.2 Å². The van der Waals surface area contributed by atoms with Gasteiger partial charge in [0.05, 0.1) is 31.6 Å². The molecule has 0 aliphatic heterocycles. The lowest BCUT2D eigenvalue weighted by Crippen LogP contribution is -2.38. The van der Waals surface area contributed by atoms with Crippen molar-refractivity contribution in [3.05, 3.63) is 24.0 Å². The molecule has 0 radical (unpaired) electrons. The number of hydrogen-bond donors (Lipinski definition) is 0. The first-order valence-electron chi connectivity index (χ1n) is 8.20. The highest BCUT2D eigenvalue weighted by Gasteiger charge is 2.30. The number of nitrogens with zero attached hydrogens (tertiary/aromatic N) is 1. The van der Waals surface area contributed by atoms with Crippen LogP contribution in [0.3, 0.4) is 0 Å². The van der Waals surface area contributed by atoms with Gasteiger partial charge in [0.1, 0.15) is 17.5 Å². The van der Waals surface area contributed by atoms with Gasteiger partial charge in [-0.25, -0.2) is 4.98 Å². The third kappa shape index (κ3) is 6.94. The first-order chi connectivity index (χ1) is 11.9. The van der Waals surface area contributed by atoms with Crippen LogP contribution in [0.4, 0.5) is 8.78 Å². The van der Waals surface area contributed by atoms with E-state index >= 15 is 0 Å². The minimum absolute atomic E-state index is 0.0337. The molecule has 1 aliphatic carbocycles. The first kappa shape index (κ1) is 19.6. The van der Waals surface area contributed by atoms with Crippen LogP contribution in [0.1, 0.15) is 32.4 Å². The molecule has 1 heterocycles. The zero-order chi connectivity index (χ0) is 18.3. The van der Waals surface area contributed by atoms with Crippen molar-refractivity contribution in [1.29, 1.82) is 0 Å². The van der Waals surface area contributed by atoms with Gasteiger partial charge in [0.15, 0.2) is 0 Å². The number of aromatic nitrogens is 1. The molecule has 1 aliphatic rings. The fourth-order valence-corrected chi connectivity index (χ4v) is 2.15. The number of halogens is 2. The van der Waals surface area contributed by atoms with Crippen LogP contribution in [0.5, 0.6) is 5.75 Å². The summed E-state index contributed by atoms with van der Waals surface area (Å²) in [6.07, 6.45) is -0.0818. The SMILES string of the molecule is COC1CC(Oc2ccc(C#CC(F)(F)OCCOC(C)C)nc2)C1. The average Bonchev–Trinajstić information content (AvgIpc) is 2.54. The van der Waals surface area contributed by atoms with E-state index in [9.17, 15) is 8.78 Å². The second-order valence-electron chi connectivity index (χ2n) is 5.98. The van der Waals surface area contributed by atoms with E-state index in [1.54, 1.807) is 19.1 Å². The van der Waals surface area contributed by atoms with Crippen molar-refractivity contribution < 1.29 is 27.7 Å². The molecule has 0 bridgehead atoms. The van der Waals surface area contributed by atoms with E-state index in [2.05, 4.69) is 15.6 Å². The minimum Gasteiger partial charge on any atom is -0.489 e. The Morgan fingerprint density at radius 3 is 2.60 bits per heavy atom. The van der Waals surface area contributed by atoms with Crippen molar-refractivity contribution in [2.45, 2.75) is 51.1 Å². The van der Waals surface area contributed by atoms with Gasteiger partial charge in [-0.05, 0) is 31.9 Å². The summed E-state index contributed by atoms with van der Waals surface area (Å²) in [5.74, 6) is 4.67. The highest BCUT2D eigenvalue weighted by atomic mass is 19.3. The summed E-state index contributed by atoms with van der Waals surface area (Å²) in [6, 6.07) is 3.19. The largest absolute Gasteiger partial charge is 0.489 e. The molecule has 1 fully saturated rings. The molecule has 1 aromatic rings. The molecule has 25 heavy (non-hydrogen) atoms. The molecule has 0 atom stereocenters. The van der Waals surface area contributed by atoms with Crippen molar-refractivity contribution in [2.75, 3.05) is 20.3 Å². The molecule has 138 valence electrons. The lowest BCUT2D eigenvalue weighted by Gasteiger charge is -2.33. The Balaban J connectivity index is 1.79. The zero-order valence-electron chi connectivity index (χ0n) is 14.6. The number of methoxy groups -OCH3 is 1. The Morgan fingerprint density at radius 1 is 1.24 bits per heavy atom. The van der Waals surface area contributed by atoms with Gasteiger partial charge >= 0.3 is 6.11 Å². The molecular weight excluding hydrogens is 332 g/mol. The maximum atomic E-state index is 13.5. The lowest BCUT2D eigenvalue weighted by atomic mass is 9.92. The number of hydrogen-bond acceptors (Lipinski definition) is 5. The zero-order valence-corrected chi connectivity index (χ0v) is 14.6. The number of rotatable bonds is 8. The summed E-state index contributed by atoms with van der Waals surface area (Å²) in [5, 5.41) is 0. The third-order valence-electron chi connectivity index (χ3n) is 3.58. The predicted molar refractivity (Wildman–Crippen MR) is 87.5 cm³/mol. The van der Waals surface area contributed by atoms with Crippen LogP contribution in [0.15, 0.2) is 18.3 Å². The standard InChI is InChI=1S/C18H23F2NO4/c1-13(2)23-8-9-24-18(19,20)7-6-14-4-5-15(12-21-14)25-17-10-16(11-17)22-3/h4-5,12-13,16-17H,8-11H2,1-3H3. The molecule has 7 heteroatoms. The van der Waals surface area contributed by atoms with Gasteiger partial charge in [-0.2, -0.15) is 8.78 Å². The van der Waals surface area contributed by atoms with Crippen LogP contribution >= 0.6 is 0 Å². The van der Waals surface area contributed by atoms with Gasteiger partial charge in [-0.1, -0.05) is 0 Å². The monoisotopic (exact) mass is 355 g/mol. The van der Waals surface area contributed by atoms with Gasteiger partial charge in [0, 0.05) is 25.9 Å². The van der Waals surface area contributed by atoms with E-state index in [1.165, 1.54) is 12.3 Å². The smallest absolute Gasteiger partial charge is 0.423 e. The third-order valence-corrected chi connectivity index (χ3v) is 3.58. The van der Waals surface area contributed by atoms with Crippen molar-refractivity contribution in [1.82, 2.24) is 4.98 Å². The number of pyridine rings is 1. The summed E-state index contributed by atoms with van der Waals surface area (Å²) in [5.41, 5.74) is 0.220.